The van der Waals surface area contributed by atoms with Gasteiger partial charge < -0.3 is 0 Å². The second-order valence-electron chi connectivity index (χ2n) is 6.50. The second kappa shape index (κ2) is 6.48. The van der Waals surface area contributed by atoms with Crippen molar-refractivity contribution >= 4 is 12.6 Å². The number of rotatable bonds is 3. The predicted octanol–water partition coefficient (Wildman–Crippen LogP) is 5.06. The van der Waals surface area contributed by atoms with E-state index in [1.807, 2.05) is 36.4 Å². The molecule has 0 N–H and O–H groups in total. The van der Waals surface area contributed by atoms with Crippen molar-refractivity contribution in [2.75, 3.05) is 0 Å². The SMILES string of the molecule is O=Cc1ccc2c(c1)-c1cc(C=O)ccc1C(c1ccccc1)CC2. The van der Waals surface area contributed by atoms with Gasteiger partial charge in [0.1, 0.15) is 12.6 Å². The van der Waals surface area contributed by atoms with Crippen LogP contribution in [0, 0.1) is 0 Å². The van der Waals surface area contributed by atoms with Gasteiger partial charge in [-0.1, -0.05) is 54.6 Å². The van der Waals surface area contributed by atoms with Gasteiger partial charge in [0.05, 0.1) is 0 Å². The summed E-state index contributed by atoms with van der Waals surface area (Å²) in [6, 6.07) is 22.3. The first-order chi connectivity index (χ1) is 12.3. The van der Waals surface area contributed by atoms with E-state index in [0.717, 1.165) is 36.5 Å². The first-order valence-corrected chi connectivity index (χ1v) is 8.52. The van der Waals surface area contributed by atoms with Crippen LogP contribution in [-0.2, 0) is 6.42 Å². The van der Waals surface area contributed by atoms with Crippen molar-refractivity contribution in [1.82, 2.24) is 0 Å². The van der Waals surface area contributed by atoms with Crippen LogP contribution in [0.1, 0.15) is 49.7 Å². The van der Waals surface area contributed by atoms with Crippen LogP contribution in [0.15, 0.2) is 66.7 Å². The number of hydrogen-bond acceptors (Lipinski definition) is 2. The number of hydrogen-bond donors (Lipinski definition) is 0. The first-order valence-electron chi connectivity index (χ1n) is 8.52. The fourth-order valence-electron chi connectivity index (χ4n) is 3.81. The number of carbonyl (C=O) groups excluding carboxylic acids is 2. The van der Waals surface area contributed by atoms with E-state index < -0.39 is 0 Å². The topological polar surface area (TPSA) is 34.1 Å². The van der Waals surface area contributed by atoms with Crippen molar-refractivity contribution in [3.05, 3.63) is 94.5 Å². The van der Waals surface area contributed by atoms with Crippen LogP contribution in [0.5, 0.6) is 0 Å². The van der Waals surface area contributed by atoms with E-state index in [0.29, 0.717) is 11.1 Å². The summed E-state index contributed by atoms with van der Waals surface area (Å²) in [5.74, 6) is 0.281. The van der Waals surface area contributed by atoms with Crippen LogP contribution >= 0.6 is 0 Å². The highest BCUT2D eigenvalue weighted by Gasteiger charge is 2.24. The van der Waals surface area contributed by atoms with Gasteiger partial charge >= 0.3 is 0 Å². The highest BCUT2D eigenvalue weighted by molar-refractivity contribution is 5.85. The van der Waals surface area contributed by atoms with Crippen LogP contribution in [0.4, 0.5) is 0 Å². The number of carbonyl (C=O) groups is 2. The molecule has 1 aliphatic rings. The molecule has 0 saturated carbocycles. The number of aryl methyl sites for hydroxylation is 1. The lowest BCUT2D eigenvalue weighted by Crippen LogP contribution is -2.02. The molecule has 4 rings (SSSR count). The molecule has 2 heteroatoms. The molecular formula is C23H18O2. The third-order valence-electron chi connectivity index (χ3n) is 5.05. The zero-order valence-corrected chi connectivity index (χ0v) is 13.8. The van der Waals surface area contributed by atoms with E-state index >= 15 is 0 Å². The minimum atomic E-state index is 0.281. The van der Waals surface area contributed by atoms with Gasteiger partial charge in [0.15, 0.2) is 0 Å². The van der Waals surface area contributed by atoms with Crippen LogP contribution in [-0.4, -0.2) is 12.6 Å². The monoisotopic (exact) mass is 326 g/mol. The molecule has 25 heavy (non-hydrogen) atoms. The molecule has 1 aliphatic carbocycles. The molecule has 0 fully saturated rings. The smallest absolute Gasteiger partial charge is 0.150 e. The second-order valence-corrected chi connectivity index (χ2v) is 6.50. The minimum absolute atomic E-state index is 0.281. The molecule has 0 radical (unpaired) electrons. The van der Waals surface area contributed by atoms with E-state index in [1.54, 1.807) is 0 Å². The van der Waals surface area contributed by atoms with Crippen molar-refractivity contribution in [2.45, 2.75) is 18.8 Å². The molecule has 122 valence electrons. The Morgan fingerprint density at radius 2 is 1.44 bits per heavy atom. The van der Waals surface area contributed by atoms with Gasteiger partial charge in [-0.2, -0.15) is 0 Å². The average Bonchev–Trinajstić information content (AvgIpc) is 2.84. The van der Waals surface area contributed by atoms with E-state index in [4.69, 9.17) is 0 Å². The molecule has 0 heterocycles. The Hall–Kier alpha value is -3.00. The van der Waals surface area contributed by atoms with Gasteiger partial charge in [0.25, 0.3) is 0 Å². The highest BCUT2D eigenvalue weighted by atomic mass is 16.1. The Kier molecular flexibility index (Phi) is 4.02. The Morgan fingerprint density at radius 3 is 2.16 bits per heavy atom. The maximum absolute atomic E-state index is 11.3. The maximum atomic E-state index is 11.3. The lowest BCUT2D eigenvalue weighted by atomic mass is 9.85. The standard InChI is InChI=1S/C23H18O2/c24-14-16-6-8-19-9-11-20(18-4-2-1-3-5-18)21-10-7-17(15-25)13-23(21)22(19)12-16/h1-8,10,12-15,20H,9,11H2. The normalized spacial score (nSPS) is 15.6. The number of benzene rings is 3. The molecule has 0 saturated heterocycles. The van der Waals surface area contributed by atoms with Crippen molar-refractivity contribution < 1.29 is 9.59 Å². The molecule has 1 unspecified atom stereocenters. The molecule has 3 aromatic rings. The summed E-state index contributed by atoms with van der Waals surface area (Å²) >= 11 is 0. The zero-order valence-electron chi connectivity index (χ0n) is 13.8. The molecule has 1 atom stereocenters. The Labute approximate surface area is 147 Å². The molecule has 2 nitrogen and oxygen atoms in total. The third-order valence-corrected chi connectivity index (χ3v) is 5.05. The van der Waals surface area contributed by atoms with Crippen LogP contribution < -0.4 is 0 Å². The predicted molar refractivity (Wildman–Crippen MR) is 99.3 cm³/mol. The summed E-state index contributed by atoms with van der Waals surface area (Å²) < 4.78 is 0. The van der Waals surface area contributed by atoms with E-state index in [-0.39, 0.29) is 5.92 Å². The summed E-state index contributed by atoms with van der Waals surface area (Å²) in [6.45, 7) is 0. The van der Waals surface area contributed by atoms with Gasteiger partial charge in [-0.15, -0.1) is 0 Å². The fraction of sp³-hybridized carbons (Fsp3) is 0.130. The van der Waals surface area contributed by atoms with E-state index in [1.165, 1.54) is 16.7 Å². The average molecular weight is 326 g/mol. The Bertz CT molecular complexity index is 942. The molecule has 0 aromatic heterocycles. The van der Waals surface area contributed by atoms with E-state index in [9.17, 15) is 9.59 Å². The molecule has 0 spiro atoms. The lowest BCUT2D eigenvalue weighted by molar-refractivity contribution is 0.111. The van der Waals surface area contributed by atoms with Crippen molar-refractivity contribution in [3.63, 3.8) is 0 Å². The molecule has 0 aliphatic heterocycles. The lowest BCUT2D eigenvalue weighted by Gasteiger charge is -2.19. The third kappa shape index (κ3) is 2.80. The van der Waals surface area contributed by atoms with Gasteiger partial charge in [0.2, 0.25) is 0 Å². The fourth-order valence-corrected chi connectivity index (χ4v) is 3.81. The van der Waals surface area contributed by atoms with Gasteiger partial charge in [-0.3, -0.25) is 9.59 Å². The van der Waals surface area contributed by atoms with Crippen molar-refractivity contribution in [1.29, 1.82) is 0 Å². The summed E-state index contributed by atoms with van der Waals surface area (Å²) in [4.78, 5) is 22.6. The summed E-state index contributed by atoms with van der Waals surface area (Å²) in [6.07, 6.45) is 3.71. The zero-order chi connectivity index (χ0) is 17.2. The van der Waals surface area contributed by atoms with E-state index in [2.05, 4.69) is 30.3 Å². The number of aldehydes is 2. The van der Waals surface area contributed by atoms with Crippen molar-refractivity contribution in [2.24, 2.45) is 0 Å². The van der Waals surface area contributed by atoms with Gasteiger partial charge in [-0.05, 0) is 52.8 Å². The van der Waals surface area contributed by atoms with Crippen LogP contribution in [0.2, 0.25) is 0 Å². The summed E-state index contributed by atoms with van der Waals surface area (Å²) in [7, 11) is 0. The quantitative estimate of drug-likeness (QED) is 0.631. The van der Waals surface area contributed by atoms with Gasteiger partial charge in [0, 0.05) is 17.0 Å². The highest BCUT2D eigenvalue weighted by Crippen LogP contribution is 2.41. The largest absolute Gasteiger partial charge is 0.298 e. The summed E-state index contributed by atoms with van der Waals surface area (Å²) in [5.41, 5.74) is 7.20. The molecule has 3 aromatic carbocycles. The van der Waals surface area contributed by atoms with Crippen LogP contribution in [0.3, 0.4) is 0 Å². The first kappa shape index (κ1) is 15.5. The maximum Gasteiger partial charge on any atom is 0.150 e. The molecule has 0 bridgehead atoms. The summed E-state index contributed by atoms with van der Waals surface area (Å²) in [5, 5.41) is 0. The Balaban J connectivity index is 1.96. The molecule has 0 amide bonds. The van der Waals surface area contributed by atoms with Crippen molar-refractivity contribution in [3.8, 4) is 11.1 Å². The minimum Gasteiger partial charge on any atom is -0.298 e. The molecular weight excluding hydrogens is 308 g/mol. The van der Waals surface area contributed by atoms with Crippen LogP contribution in [0.25, 0.3) is 11.1 Å². The number of fused-ring (bicyclic) bond motifs is 3. The Morgan fingerprint density at radius 1 is 0.760 bits per heavy atom. The van der Waals surface area contributed by atoms with Gasteiger partial charge in [-0.25, -0.2) is 0 Å².